The SMILES string of the molecule is Cc1cc(NC(=O)c2ccco2)sc1C(=O)N(C)Cc1ccc(N2CCCCC2)cc1. The van der Waals surface area contributed by atoms with Crippen molar-refractivity contribution in [2.75, 3.05) is 30.4 Å². The summed E-state index contributed by atoms with van der Waals surface area (Å²) >= 11 is 1.28. The van der Waals surface area contributed by atoms with Crippen molar-refractivity contribution in [3.8, 4) is 0 Å². The Morgan fingerprint density at radius 2 is 1.87 bits per heavy atom. The van der Waals surface area contributed by atoms with Crippen LogP contribution in [-0.4, -0.2) is 36.9 Å². The van der Waals surface area contributed by atoms with Gasteiger partial charge in [-0.05, 0) is 67.6 Å². The molecule has 4 rings (SSSR count). The molecule has 0 unspecified atom stereocenters. The third-order valence-corrected chi connectivity index (χ3v) is 6.66. The molecule has 1 aliphatic rings. The summed E-state index contributed by atoms with van der Waals surface area (Å²) in [4.78, 5) is 30.0. The molecule has 1 fully saturated rings. The molecule has 2 aromatic heterocycles. The molecular weight excluding hydrogens is 410 g/mol. The molecule has 2 amide bonds. The maximum absolute atomic E-state index is 13.0. The Bertz CT molecular complexity index is 1030. The molecule has 31 heavy (non-hydrogen) atoms. The Morgan fingerprint density at radius 1 is 1.13 bits per heavy atom. The number of carbonyl (C=O) groups is 2. The molecule has 162 valence electrons. The molecule has 0 saturated carbocycles. The Balaban J connectivity index is 1.38. The molecule has 0 bridgehead atoms. The average Bonchev–Trinajstić information content (AvgIpc) is 3.44. The number of hydrogen-bond donors (Lipinski definition) is 1. The highest BCUT2D eigenvalue weighted by molar-refractivity contribution is 7.18. The molecule has 1 aliphatic heterocycles. The number of hydrogen-bond acceptors (Lipinski definition) is 5. The summed E-state index contributed by atoms with van der Waals surface area (Å²) < 4.78 is 5.12. The molecule has 1 saturated heterocycles. The highest BCUT2D eigenvalue weighted by Gasteiger charge is 2.20. The smallest absolute Gasteiger partial charge is 0.291 e. The normalized spacial score (nSPS) is 13.8. The minimum absolute atomic E-state index is 0.0545. The van der Waals surface area contributed by atoms with Crippen molar-refractivity contribution < 1.29 is 14.0 Å². The third kappa shape index (κ3) is 4.99. The van der Waals surface area contributed by atoms with Crippen molar-refractivity contribution >= 4 is 33.8 Å². The number of anilines is 2. The van der Waals surface area contributed by atoms with E-state index < -0.39 is 0 Å². The van der Waals surface area contributed by atoms with E-state index in [1.807, 2.05) is 13.0 Å². The van der Waals surface area contributed by atoms with Crippen molar-refractivity contribution in [1.82, 2.24) is 4.90 Å². The molecule has 3 heterocycles. The maximum Gasteiger partial charge on any atom is 0.291 e. The van der Waals surface area contributed by atoms with Crippen LogP contribution in [0.15, 0.2) is 53.1 Å². The van der Waals surface area contributed by atoms with Crippen LogP contribution in [0.25, 0.3) is 0 Å². The molecule has 0 aliphatic carbocycles. The van der Waals surface area contributed by atoms with Crippen LogP contribution >= 0.6 is 11.3 Å². The van der Waals surface area contributed by atoms with Crippen LogP contribution in [0.3, 0.4) is 0 Å². The monoisotopic (exact) mass is 437 g/mol. The molecule has 0 radical (unpaired) electrons. The Labute approximate surface area is 186 Å². The van der Waals surface area contributed by atoms with E-state index in [2.05, 4.69) is 34.5 Å². The molecule has 7 heteroatoms. The number of amides is 2. The van der Waals surface area contributed by atoms with E-state index >= 15 is 0 Å². The van der Waals surface area contributed by atoms with Gasteiger partial charge in [0.15, 0.2) is 5.76 Å². The zero-order valence-corrected chi connectivity index (χ0v) is 18.7. The standard InChI is InChI=1S/C24H27N3O3S/c1-17-15-21(25-23(28)20-7-6-14-30-20)31-22(17)24(29)26(2)16-18-8-10-19(11-9-18)27-12-4-3-5-13-27/h6-11,14-15H,3-5,12-13,16H2,1-2H3,(H,25,28). The number of benzene rings is 1. The summed E-state index contributed by atoms with van der Waals surface area (Å²) in [6, 6.07) is 13.6. The lowest BCUT2D eigenvalue weighted by Gasteiger charge is -2.29. The van der Waals surface area contributed by atoms with E-state index in [0.717, 1.165) is 24.2 Å². The van der Waals surface area contributed by atoms with Gasteiger partial charge in [-0.15, -0.1) is 11.3 Å². The number of nitrogens with one attached hydrogen (secondary N) is 1. The first-order valence-corrected chi connectivity index (χ1v) is 11.4. The quantitative estimate of drug-likeness (QED) is 0.578. The number of aryl methyl sites for hydroxylation is 1. The van der Waals surface area contributed by atoms with Gasteiger partial charge < -0.3 is 19.5 Å². The van der Waals surface area contributed by atoms with E-state index in [1.54, 1.807) is 24.1 Å². The van der Waals surface area contributed by atoms with E-state index in [9.17, 15) is 9.59 Å². The number of piperidine rings is 1. The van der Waals surface area contributed by atoms with Gasteiger partial charge >= 0.3 is 0 Å². The second kappa shape index (κ2) is 9.39. The van der Waals surface area contributed by atoms with Crippen LogP contribution in [0.1, 0.15) is 50.6 Å². The number of rotatable bonds is 6. The summed E-state index contributed by atoms with van der Waals surface area (Å²) in [5, 5.41) is 3.42. The van der Waals surface area contributed by atoms with Crippen molar-refractivity contribution in [2.45, 2.75) is 32.7 Å². The molecular formula is C24H27N3O3S. The molecule has 0 spiro atoms. The van der Waals surface area contributed by atoms with Crippen LogP contribution in [0.2, 0.25) is 0 Å². The Kier molecular flexibility index (Phi) is 6.42. The lowest BCUT2D eigenvalue weighted by atomic mass is 10.1. The van der Waals surface area contributed by atoms with Crippen LogP contribution in [-0.2, 0) is 6.54 Å². The van der Waals surface area contributed by atoms with Crippen LogP contribution in [0.4, 0.5) is 10.7 Å². The van der Waals surface area contributed by atoms with Gasteiger partial charge in [-0.2, -0.15) is 0 Å². The molecule has 0 atom stereocenters. The zero-order valence-electron chi connectivity index (χ0n) is 17.9. The fourth-order valence-corrected chi connectivity index (χ4v) is 4.88. The zero-order chi connectivity index (χ0) is 21.8. The largest absolute Gasteiger partial charge is 0.459 e. The van der Waals surface area contributed by atoms with Gasteiger partial charge in [0.25, 0.3) is 11.8 Å². The van der Waals surface area contributed by atoms with Gasteiger partial charge in [-0.3, -0.25) is 9.59 Å². The lowest BCUT2D eigenvalue weighted by molar-refractivity contribution is 0.0789. The summed E-state index contributed by atoms with van der Waals surface area (Å²) in [6.07, 6.45) is 5.28. The minimum atomic E-state index is -0.326. The summed E-state index contributed by atoms with van der Waals surface area (Å²) in [7, 11) is 1.81. The van der Waals surface area contributed by atoms with Gasteiger partial charge in [-0.1, -0.05) is 12.1 Å². The number of furan rings is 1. The fourth-order valence-electron chi connectivity index (χ4n) is 3.82. The number of carbonyl (C=O) groups excluding carboxylic acids is 2. The molecule has 6 nitrogen and oxygen atoms in total. The van der Waals surface area contributed by atoms with Gasteiger partial charge in [0.1, 0.15) is 0 Å². The highest BCUT2D eigenvalue weighted by atomic mass is 32.1. The summed E-state index contributed by atoms with van der Waals surface area (Å²) in [5.74, 6) is -0.141. The van der Waals surface area contributed by atoms with Crippen molar-refractivity contribution in [3.05, 3.63) is 70.5 Å². The molecule has 1 aromatic carbocycles. The van der Waals surface area contributed by atoms with Crippen LogP contribution in [0.5, 0.6) is 0 Å². The third-order valence-electron chi connectivity index (χ3n) is 5.52. The second-order valence-corrected chi connectivity index (χ2v) is 8.98. The maximum atomic E-state index is 13.0. The van der Waals surface area contributed by atoms with E-state index in [4.69, 9.17) is 4.42 Å². The minimum Gasteiger partial charge on any atom is -0.459 e. The van der Waals surface area contributed by atoms with Gasteiger partial charge in [0.05, 0.1) is 16.1 Å². The van der Waals surface area contributed by atoms with Crippen molar-refractivity contribution in [1.29, 1.82) is 0 Å². The predicted octanol–water partition coefficient (Wildman–Crippen LogP) is 5.16. The van der Waals surface area contributed by atoms with Gasteiger partial charge in [-0.25, -0.2) is 0 Å². The first-order valence-electron chi connectivity index (χ1n) is 10.6. The van der Waals surface area contributed by atoms with E-state index in [-0.39, 0.29) is 17.6 Å². The first kappa shape index (κ1) is 21.2. The average molecular weight is 438 g/mol. The topological polar surface area (TPSA) is 65.8 Å². The predicted molar refractivity (Wildman–Crippen MR) is 124 cm³/mol. The van der Waals surface area contributed by atoms with Crippen LogP contribution < -0.4 is 10.2 Å². The number of nitrogens with zero attached hydrogens (tertiary/aromatic N) is 2. The van der Waals surface area contributed by atoms with E-state index in [0.29, 0.717) is 16.4 Å². The first-order chi connectivity index (χ1) is 15.0. The second-order valence-electron chi connectivity index (χ2n) is 7.93. The summed E-state index contributed by atoms with van der Waals surface area (Å²) in [6.45, 7) is 4.65. The van der Waals surface area contributed by atoms with Crippen molar-refractivity contribution in [3.63, 3.8) is 0 Å². The van der Waals surface area contributed by atoms with Crippen LogP contribution in [0, 0.1) is 6.92 Å². The number of thiophene rings is 1. The fraction of sp³-hybridized carbons (Fsp3) is 0.333. The lowest BCUT2D eigenvalue weighted by Crippen LogP contribution is -2.29. The van der Waals surface area contributed by atoms with Gasteiger partial charge in [0.2, 0.25) is 0 Å². The van der Waals surface area contributed by atoms with Crippen molar-refractivity contribution in [2.24, 2.45) is 0 Å². The summed E-state index contributed by atoms with van der Waals surface area (Å²) in [5.41, 5.74) is 3.19. The van der Waals surface area contributed by atoms with E-state index in [1.165, 1.54) is 42.5 Å². The highest BCUT2D eigenvalue weighted by Crippen LogP contribution is 2.29. The Morgan fingerprint density at radius 3 is 2.55 bits per heavy atom. The Hall–Kier alpha value is -3.06. The molecule has 3 aromatic rings. The van der Waals surface area contributed by atoms with Gasteiger partial charge in [0, 0.05) is 32.4 Å². The molecule has 1 N–H and O–H groups in total.